The summed E-state index contributed by atoms with van der Waals surface area (Å²) in [6, 6.07) is 5.69. The molecule has 1 aromatic carbocycles. The van der Waals surface area contributed by atoms with Crippen molar-refractivity contribution in [2.24, 2.45) is 5.92 Å². The van der Waals surface area contributed by atoms with Gasteiger partial charge in [0.15, 0.2) is 0 Å². The van der Waals surface area contributed by atoms with Gasteiger partial charge in [-0.15, -0.1) is 0 Å². The Bertz CT molecular complexity index is 547. The average molecular weight is 262 g/mol. The molecule has 3 rings (SSSR count). The average Bonchev–Trinajstić information content (AvgIpc) is 3.18. The van der Waals surface area contributed by atoms with Crippen LogP contribution < -0.4 is 0 Å². The van der Waals surface area contributed by atoms with E-state index in [1.807, 2.05) is 0 Å². The maximum absolute atomic E-state index is 12.1. The molecule has 1 amide bonds. The number of nitrogens with zero attached hydrogens (tertiary/aromatic N) is 2. The Hall–Kier alpha value is -1.95. The van der Waals surface area contributed by atoms with E-state index in [0.717, 1.165) is 12.8 Å². The van der Waals surface area contributed by atoms with Crippen LogP contribution in [0.15, 0.2) is 24.3 Å². The fourth-order valence-corrected chi connectivity index (χ4v) is 2.57. The topological polar surface area (TPSA) is 83.7 Å². The highest BCUT2D eigenvalue weighted by molar-refractivity contribution is 5.95. The third-order valence-corrected chi connectivity index (χ3v) is 3.86. The van der Waals surface area contributed by atoms with Crippen molar-refractivity contribution in [3.05, 3.63) is 39.9 Å². The van der Waals surface area contributed by atoms with Crippen molar-refractivity contribution in [3.8, 4) is 0 Å². The molecule has 1 heterocycles. The van der Waals surface area contributed by atoms with Gasteiger partial charge in [0.25, 0.3) is 11.6 Å². The molecule has 0 spiro atoms. The second-order valence-electron chi connectivity index (χ2n) is 5.35. The van der Waals surface area contributed by atoms with E-state index in [9.17, 15) is 20.0 Å². The predicted molar refractivity (Wildman–Crippen MR) is 66.7 cm³/mol. The molecule has 0 bridgehead atoms. The van der Waals surface area contributed by atoms with Crippen LogP contribution in [0.3, 0.4) is 0 Å². The molecular formula is C13H14N2O4. The van der Waals surface area contributed by atoms with E-state index in [2.05, 4.69) is 0 Å². The van der Waals surface area contributed by atoms with Crippen molar-refractivity contribution < 1.29 is 14.8 Å². The first-order chi connectivity index (χ1) is 8.99. The number of benzene rings is 1. The number of β-amino-alcohol motifs (C(OH)–C–C–N with tert-alkyl or cyclic N) is 1. The summed E-state index contributed by atoms with van der Waals surface area (Å²) in [5.74, 6) is 0.0654. The summed E-state index contributed by atoms with van der Waals surface area (Å²) >= 11 is 0. The normalized spacial score (nSPS) is 20.8. The van der Waals surface area contributed by atoms with Crippen molar-refractivity contribution in [1.82, 2.24) is 4.90 Å². The Kier molecular flexibility index (Phi) is 2.56. The molecule has 0 atom stereocenters. The van der Waals surface area contributed by atoms with Gasteiger partial charge < -0.3 is 10.0 Å². The van der Waals surface area contributed by atoms with Gasteiger partial charge in [-0.3, -0.25) is 14.9 Å². The molecule has 100 valence electrons. The molecule has 6 nitrogen and oxygen atoms in total. The lowest BCUT2D eigenvalue weighted by Gasteiger charge is -2.47. The van der Waals surface area contributed by atoms with Gasteiger partial charge in [0.05, 0.1) is 18.0 Å². The van der Waals surface area contributed by atoms with Crippen LogP contribution in [0, 0.1) is 16.0 Å². The summed E-state index contributed by atoms with van der Waals surface area (Å²) in [6.07, 6.45) is 2.05. The predicted octanol–water partition coefficient (Wildman–Crippen LogP) is 1.19. The second kappa shape index (κ2) is 4.03. The number of rotatable bonds is 3. The number of carbonyl (C=O) groups is 1. The van der Waals surface area contributed by atoms with Gasteiger partial charge in [-0.1, -0.05) is 6.07 Å². The summed E-state index contributed by atoms with van der Waals surface area (Å²) in [5.41, 5.74) is -0.521. The lowest BCUT2D eigenvalue weighted by molar-refractivity contribution is -0.384. The molecule has 2 fully saturated rings. The van der Waals surface area contributed by atoms with E-state index < -0.39 is 10.5 Å². The van der Waals surface area contributed by atoms with Gasteiger partial charge in [-0.2, -0.15) is 0 Å². The minimum absolute atomic E-state index is 0.0937. The van der Waals surface area contributed by atoms with Gasteiger partial charge in [-0.25, -0.2) is 0 Å². The number of nitro benzene ring substituents is 1. The molecule has 1 N–H and O–H groups in total. The number of likely N-dealkylation sites (tertiary alicyclic amines) is 1. The van der Waals surface area contributed by atoms with Gasteiger partial charge in [0, 0.05) is 17.7 Å². The first-order valence-electron chi connectivity index (χ1n) is 6.26. The van der Waals surface area contributed by atoms with Crippen LogP contribution in [0.4, 0.5) is 5.69 Å². The molecule has 1 aromatic rings. The summed E-state index contributed by atoms with van der Waals surface area (Å²) in [5, 5.41) is 20.8. The maximum Gasteiger partial charge on any atom is 0.270 e. The summed E-state index contributed by atoms with van der Waals surface area (Å²) in [6.45, 7) is 0.665. The molecule has 2 aliphatic rings. The number of hydrogen-bond acceptors (Lipinski definition) is 4. The molecule has 0 unspecified atom stereocenters. The van der Waals surface area contributed by atoms with Crippen LogP contribution in [-0.2, 0) is 0 Å². The molecule has 1 aliphatic heterocycles. The largest absolute Gasteiger partial charge is 0.386 e. The number of amides is 1. The Labute approximate surface area is 109 Å². The highest BCUT2D eigenvalue weighted by Crippen LogP contribution is 2.44. The summed E-state index contributed by atoms with van der Waals surface area (Å²) in [7, 11) is 0. The highest BCUT2D eigenvalue weighted by Gasteiger charge is 2.53. The number of carbonyl (C=O) groups excluding carboxylic acids is 1. The first kappa shape index (κ1) is 12.1. The zero-order valence-electron chi connectivity index (χ0n) is 10.3. The fraction of sp³-hybridized carbons (Fsp3) is 0.462. The van der Waals surface area contributed by atoms with Crippen LogP contribution in [0.25, 0.3) is 0 Å². The monoisotopic (exact) mass is 262 g/mol. The van der Waals surface area contributed by atoms with Crippen molar-refractivity contribution in [2.75, 3.05) is 13.1 Å². The molecular weight excluding hydrogens is 248 g/mol. The first-order valence-corrected chi connectivity index (χ1v) is 6.26. The zero-order chi connectivity index (χ0) is 13.6. The van der Waals surface area contributed by atoms with E-state index in [4.69, 9.17) is 0 Å². The van der Waals surface area contributed by atoms with E-state index in [1.54, 1.807) is 6.07 Å². The lowest BCUT2D eigenvalue weighted by Crippen LogP contribution is -2.64. The SMILES string of the molecule is O=C(c1cccc([N+](=O)[O-])c1)N1CC(O)(C2CC2)C1. The molecule has 1 saturated carbocycles. The third-order valence-electron chi connectivity index (χ3n) is 3.86. The van der Waals surface area contributed by atoms with Crippen molar-refractivity contribution in [3.63, 3.8) is 0 Å². The Balaban J connectivity index is 1.71. The molecule has 6 heteroatoms. The van der Waals surface area contributed by atoms with E-state index in [1.165, 1.54) is 23.1 Å². The van der Waals surface area contributed by atoms with Crippen LogP contribution in [-0.4, -0.2) is 39.5 Å². The Morgan fingerprint density at radius 3 is 2.68 bits per heavy atom. The number of hydrogen-bond donors (Lipinski definition) is 1. The van der Waals surface area contributed by atoms with Crippen LogP contribution in [0.5, 0.6) is 0 Å². The smallest absolute Gasteiger partial charge is 0.270 e. The molecule has 1 saturated heterocycles. The number of aliphatic hydroxyl groups is 1. The highest BCUT2D eigenvalue weighted by atomic mass is 16.6. The molecule has 0 radical (unpaired) electrons. The van der Waals surface area contributed by atoms with Gasteiger partial charge in [0.1, 0.15) is 5.60 Å². The van der Waals surface area contributed by atoms with Crippen molar-refractivity contribution in [2.45, 2.75) is 18.4 Å². The minimum Gasteiger partial charge on any atom is -0.386 e. The fourth-order valence-electron chi connectivity index (χ4n) is 2.57. The van der Waals surface area contributed by atoms with Gasteiger partial charge in [-0.05, 0) is 24.8 Å². The zero-order valence-corrected chi connectivity index (χ0v) is 10.3. The van der Waals surface area contributed by atoms with Crippen molar-refractivity contribution in [1.29, 1.82) is 0 Å². The van der Waals surface area contributed by atoms with Crippen molar-refractivity contribution >= 4 is 11.6 Å². The maximum atomic E-state index is 12.1. The Morgan fingerprint density at radius 1 is 1.42 bits per heavy atom. The molecule has 1 aliphatic carbocycles. The molecule has 0 aromatic heterocycles. The summed E-state index contributed by atoms with van der Waals surface area (Å²) in [4.78, 5) is 23.8. The third kappa shape index (κ3) is 2.08. The van der Waals surface area contributed by atoms with Gasteiger partial charge >= 0.3 is 0 Å². The van der Waals surface area contributed by atoms with Crippen LogP contribution in [0.1, 0.15) is 23.2 Å². The van der Waals surface area contributed by atoms with E-state index in [0.29, 0.717) is 24.6 Å². The Morgan fingerprint density at radius 2 is 2.11 bits per heavy atom. The standard InChI is InChI=1S/C13H14N2O4/c16-12(9-2-1-3-11(6-9)15(18)19)14-7-13(17,8-14)10-4-5-10/h1-3,6,10,17H,4-5,7-8H2. The van der Waals surface area contributed by atoms with Gasteiger partial charge in [0.2, 0.25) is 0 Å². The number of nitro groups is 1. The second-order valence-corrected chi connectivity index (χ2v) is 5.35. The quantitative estimate of drug-likeness (QED) is 0.655. The minimum atomic E-state index is -0.726. The number of non-ortho nitro benzene ring substituents is 1. The molecule has 19 heavy (non-hydrogen) atoms. The van der Waals surface area contributed by atoms with Crippen LogP contribution >= 0.6 is 0 Å². The van der Waals surface area contributed by atoms with E-state index in [-0.39, 0.29) is 11.6 Å². The lowest BCUT2D eigenvalue weighted by atomic mass is 9.88. The summed E-state index contributed by atoms with van der Waals surface area (Å²) < 4.78 is 0. The van der Waals surface area contributed by atoms with E-state index >= 15 is 0 Å². The van der Waals surface area contributed by atoms with Crippen LogP contribution in [0.2, 0.25) is 0 Å².